The third-order valence-corrected chi connectivity index (χ3v) is 2.47. The highest BCUT2D eigenvalue weighted by Crippen LogP contribution is 2.39. The molecule has 7 heteroatoms. The molecule has 2 N–H and O–H groups in total. The van der Waals surface area contributed by atoms with Crippen LogP contribution < -0.4 is 5.73 Å². The van der Waals surface area contributed by atoms with E-state index in [4.69, 9.17) is 5.73 Å². The summed E-state index contributed by atoms with van der Waals surface area (Å²) in [4.78, 5) is 0. The van der Waals surface area contributed by atoms with Crippen LogP contribution in [0.1, 0.15) is 5.69 Å². The molecule has 18 heavy (non-hydrogen) atoms. The van der Waals surface area contributed by atoms with Crippen LogP contribution in [0.15, 0.2) is 24.3 Å². The molecule has 0 saturated carbocycles. The average Bonchev–Trinajstić information content (AvgIpc) is 2.55. The Morgan fingerprint density at radius 3 is 2.50 bits per heavy atom. The van der Waals surface area contributed by atoms with Gasteiger partial charge in [-0.05, 0) is 17.7 Å². The van der Waals surface area contributed by atoms with Crippen LogP contribution in [0.2, 0.25) is 0 Å². The summed E-state index contributed by atoms with van der Waals surface area (Å²) in [6.45, 7) is 0. The van der Waals surface area contributed by atoms with Crippen LogP contribution in [0.3, 0.4) is 0 Å². The predicted octanol–water partition coefficient (Wildman–Crippen LogP) is 2.83. The molecule has 0 saturated heterocycles. The average molecular weight is 259 g/mol. The number of halogens is 4. The van der Waals surface area contributed by atoms with Crippen LogP contribution in [-0.4, -0.2) is 9.78 Å². The standard InChI is InChI=1S/C11H9F4N3/c1-18-10(16)8(9(17-18)11(13,14)15)6-3-2-4-7(12)5-6/h2-5H,16H2,1H3. The van der Waals surface area contributed by atoms with Crippen molar-refractivity contribution in [1.29, 1.82) is 0 Å². The number of benzene rings is 1. The molecule has 0 spiro atoms. The number of hydrogen-bond donors (Lipinski definition) is 1. The Labute approximate surface area is 99.8 Å². The van der Waals surface area contributed by atoms with Crippen LogP contribution in [-0.2, 0) is 13.2 Å². The van der Waals surface area contributed by atoms with E-state index in [2.05, 4.69) is 5.10 Å². The molecule has 3 nitrogen and oxygen atoms in total. The second kappa shape index (κ2) is 4.01. The van der Waals surface area contributed by atoms with Crippen LogP contribution >= 0.6 is 0 Å². The molecule has 0 unspecified atom stereocenters. The van der Waals surface area contributed by atoms with Crippen molar-refractivity contribution in [2.45, 2.75) is 6.18 Å². The van der Waals surface area contributed by atoms with Crippen LogP contribution in [0, 0.1) is 5.82 Å². The largest absolute Gasteiger partial charge is 0.435 e. The van der Waals surface area contributed by atoms with Crippen molar-refractivity contribution in [2.24, 2.45) is 7.05 Å². The number of anilines is 1. The van der Waals surface area contributed by atoms with E-state index in [1.165, 1.54) is 19.2 Å². The molecule has 0 fully saturated rings. The summed E-state index contributed by atoms with van der Waals surface area (Å²) >= 11 is 0. The summed E-state index contributed by atoms with van der Waals surface area (Å²) in [6.07, 6.45) is -4.64. The number of alkyl halides is 3. The van der Waals surface area contributed by atoms with E-state index in [9.17, 15) is 17.6 Å². The van der Waals surface area contributed by atoms with Gasteiger partial charge >= 0.3 is 6.18 Å². The normalized spacial score (nSPS) is 11.8. The Morgan fingerprint density at radius 1 is 1.28 bits per heavy atom. The van der Waals surface area contributed by atoms with E-state index in [1.54, 1.807) is 0 Å². The molecule has 96 valence electrons. The second-order valence-electron chi connectivity index (χ2n) is 3.74. The number of aryl methyl sites for hydroxylation is 1. The first-order valence-electron chi connectivity index (χ1n) is 4.96. The SMILES string of the molecule is Cn1nc(C(F)(F)F)c(-c2cccc(F)c2)c1N. The van der Waals surface area contributed by atoms with Crippen molar-refractivity contribution in [3.63, 3.8) is 0 Å². The maximum absolute atomic E-state index is 13.1. The Morgan fingerprint density at radius 2 is 1.94 bits per heavy atom. The van der Waals surface area contributed by atoms with Crippen molar-refractivity contribution in [2.75, 3.05) is 5.73 Å². The van der Waals surface area contributed by atoms with Gasteiger partial charge in [-0.15, -0.1) is 0 Å². The quantitative estimate of drug-likeness (QED) is 0.800. The summed E-state index contributed by atoms with van der Waals surface area (Å²) in [7, 11) is 1.30. The van der Waals surface area contributed by atoms with Gasteiger partial charge in [0.15, 0.2) is 5.69 Å². The van der Waals surface area contributed by atoms with Crippen molar-refractivity contribution >= 4 is 5.82 Å². The molecule has 1 aromatic heterocycles. The number of nitrogens with zero attached hydrogens (tertiary/aromatic N) is 2. The first-order valence-corrected chi connectivity index (χ1v) is 4.96. The van der Waals surface area contributed by atoms with Gasteiger partial charge in [0.25, 0.3) is 0 Å². The molecule has 1 aromatic carbocycles. The minimum Gasteiger partial charge on any atom is -0.383 e. The summed E-state index contributed by atoms with van der Waals surface area (Å²) in [5, 5.41) is 3.33. The molecular formula is C11H9F4N3. The first-order chi connectivity index (χ1) is 8.30. The van der Waals surface area contributed by atoms with Gasteiger partial charge < -0.3 is 5.73 Å². The number of aromatic nitrogens is 2. The Kier molecular flexibility index (Phi) is 2.76. The first kappa shape index (κ1) is 12.4. The maximum atomic E-state index is 13.1. The predicted molar refractivity (Wildman–Crippen MR) is 58.0 cm³/mol. The van der Waals surface area contributed by atoms with Gasteiger partial charge in [-0.1, -0.05) is 12.1 Å². The molecule has 0 aliphatic carbocycles. The maximum Gasteiger partial charge on any atom is 0.435 e. The lowest BCUT2D eigenvalue weighted by atomic mass is 10.1. The van der Waals surface area contributed by atoms with Gasteiger partial charge in [-0.25, -0.2) is 4.39 Å². The van der Waals surface area contributed by atoms with Gasteiger partial charge in [-0.3, -0.25) is 4.68 Å². The smallest absolute Gasteiger partial charge is 0.383 e. The lowest BCUT2D eigenvalue weighted by Crippen LogP contribution is -2.08. The highest BCUT2D eigenvalue weighted by atomic mass is 19.4. The summed E-state index contributed by atoms with van der Waals surface area (Å²) in [5.41, 5.74) is 4.19. The van der Waals surface area contributed by atoms with Gasteiger partial charge in [0, 0.05) is 7.05 Å². The van der Waals surface area contributed by atoms with Gasteiger partial charge in [0.2, 0.25) is 0 Å². The topological polar surface area (TPSA) is 43.8 Å². The summed E-state index contributed by atoms with van der Waals surface area (Å²) in [5.74, 6) is -0.795. The molecule has 0 atom stereocenters. The zero-order chi connectivity index (χ0) is 13.5. The third kappa shape index (κ3) is 2.03. The zero-order valence-electron chi connectivity index (χ0n) is 9.29. The van der Waals surface area contributed by atoms with E-state index in [0.717, 1.165) is 16.8 Å². The lowest BCUT2D eigenvalue weighted by molar-refractivity contribution is -0.140. The monoisotopic (exact) mass is 259 g/mol. The van der Waals surface area contributed by atoms with Crippen molar-refractivity contribution in [3.05, 3.63) is 35.8 Å². The van der Waals surface area contributed by atoms with Crippen LogP contribution in [0.5, 0.6) is 0 Å². The number of rotatable bonds is 1. The van der Waals surface area contributed by atoms with Gasteiger partial charge in [0.1, 0.15) is 11.6 Å². The molecule has 0 bridgehead atoms. The lowest BCUT2D eigenvalue weighted by Gasteiger charge is -2.07. The van der Waals surface area contributed by atoms with Crippen molar-refractivity contribution in [1.82, 2.24) is 9.78 Å². The molecule has 0 aliphatic heterocycles. The Bertz CT molecular complexity index is 586. The highest BCUT2D eigenvalue weighted by molar-refractivity contribution is 5.77. The van der Waals surface area contributed by atoms with E-state index < -0.39 is 17.7 Å². The van der Waals surface area contributed by atoms with Crippen LogP contribution in [0.25, 0.3) is 11.1 Å². The van der Waals surface area contributed by atoms with E-state index >= 15 is 0 Å². The van der Waals surface area contributed by atoms with Crippen molar-refractivity contribution < 1.29 is 17.6 Å². The van der Waals surface area contributed by atoms with Gasteiger partial charge in [-0.2, -0.15) is 18.3 Å². The molecular weight excluding hydrogens is 250 g/mol. The summed E-state index contributed by atoms with van der Waals surface area (Å²) in [6, 6.07) is 4.80. The highest BCUT2D eigenvalue weighted by Gasteiger charge is 2.39. The fourth-order valence-corrected chi connectivity index (χ4v) is 1.66. The fourth-order valence-electron chi connectivity index (χ4n) is 1.66. The molecule has 2 rings (SSSR count). The van der Waals surface area contributed by atoms with Crippen molar-refractivity contribution in [3.8, 4) is 11.1 Å². The number of hydrogen-bond acceptors (Lipinski definition) is 2. The number of nitrogen functional groups attached to an aromatic ring is 1. The Hall–Kier alpha value is -2.05. The van der Waals surface area contributed by atoms with E-state index in [0.29, 0.717) is 0 Å². The fraction of sp³-hybridized carbons (Fsp3) is 0.182. The third-order valence-electron chi connectivity index (χ3n) is 2.47. The number of nitrogens with two attached hydrogens (primary N) is 1. The second-order valence-corrected chi connectivity index (χ2v) is 3.74. The minimum absolute atomic E-state index is 0.0490. The molecule has 0 aliphatic rings. The summed E-state index contributed by atoms with van der Waals surface area (Å²) < 4.78 is 52.4. The molecule has 0 radical (unpaired) electrons. The minimum atomic E-state index is -4.64. The van der Waals surface area contributed by atoms with E-state index in [-0.39, 0.29) is 16.9 Å². The Balaban J connectivity index is 2.70. The molecule has 2 aromatic rings. The molecule has 1 heterocycles. The molecule has 0 amide bonds. The van der Waals surface area contributed by atoms with Crippen LogP contribution in [0.4, 0.5) is 23.4 Å². The van der Waals surface area contributed by atoms with E-state index in [1.807, 2.05) is 0 Å². The zero-order valence-corrected chi connectivity index (χ0v) is 9.29. The van der Waals surface area contributed by atoms with Gasteiger partial charge in [0.05, 0.1) is 5.56 Å².